The van der Waals surface area contributed by atoms with Crippen LogP contribution in [0.4, 0.5) is 4.39 Å². The maximum atomic E-state index is 13.8. The zero-order valence-corrected chi connectivity index (χ0v) is 12.5. The Hall–Kier alpha value is -1.62. The molecule has 20 heavy (non-hydrogen) atoms. The van der Waals surface area contributed by atoms with Gasteiger partial charge in [0.2, 0.25) is 0 Å². The summed E-state index contributed by atoms with van der Waals surface area (Å²) in [6.07, 6.45) is 0.855. The molecular formula is C15H22FNO3. The number of methoxy groups -OCH3 is 1. The van der Waals surface area contributed by atoms with Gasteiger partial charge in [0.05, 0.1) is 13.7 Å². The summed E-state index contributed by atoms with van der Waals surface area (Å²) in [6, 6.07) is 4.48. The number of hydrogen-bond acceptors (Lipinski definition) is 4. The summed E-state index contributed by atoms with van der Waals surface area (Å²) in [7, 11) is 1.40. The summed E-state index contributed by atoms with van der Waals surface area (Å²) in [5, 5.41) is 3.13. The Labute approximate surface area is 119 Å². The molecule has 0 amide bonds. The quantitative estimate of drug-likeness (QED) is 0.781. The van der Waals surface area contributed by atoms with E-state index in [2.05, 4.69) is 5.32 Å². The van der Waals surface area contributed by atoms with Gasteiger partial charge in [-0.15, -0.1) is 0 Å². The smallest absolute Gasteiger partial charge is 0.330 e. The number of nitrogens with one attached hydrogen (secondary N) is 1. The van der Waals surface area contributed by atoms with E-state index in [4.69, 9.17) is 9.47 Å². The lowest BCUT2D eigenvalue weighted by atomic mass is 9.91. The average molecular weight is 283 g/mol. The number of ether oxygens (including phenoxy) is 2. The first-order valence-corrected chi connectivity index (χ1v) is 6.75. The highest BCUT2D eigenvalue weighted by Gasteiger charge is 2.36. The molecule has 0 spiro atoms. The second-order valence-electron chi connectivity index (χ2n) is 4.62. The van der Waals surface area contributed by atoms with E-state index in [0.717, 1.165) is 6.42 Å². The zero-order valence-electron chi connectivity index (χ0n) is 12.5. The molecule has 0 aliphatic heterocycles. The zero-order chi connectivity index (χ0) is 15.2. The number of carbonyl (C=O) groups is 1. The summed E-state index contributed by atoms with van der Waals surface area (Å²) >= 11 is 0. The fourth-order valence-electron chi connectivity index (χ4n) is 1.92. The molecule has 0 bridgehead atoms. The van der Waals surface area contributed by atoms with E-state index < -0.39 is 17.3 Å². The topological polar surface area (TPSA) is 47.6 Å². The molecule has 0 aliphatic rings. The molecule has 5 heteroatoms. The van der Waals surface area contributed by atoms with E-state index in [-0.39, 0.29) is 12.4 Å². The molecule has 1 atom stereocenters. The van der Waals surface area contributed by atoms with Crippen LogP contribution in [-0.4, -0.2) is 26.2 Å². The number of rotatable bonds is 7. The van der Waals surface area contributed by atoms with Crippen molar-refractivity contribution < 1.29 is 18.7 Å². The van der Waals surface area contributed by atoms with Gasteiger partial charge in [0, 0.05) is 0 Å². The van der Waals surface area contributed by atoms with Crippen LogP contribution in [0.3, 0.4) is 0 Å². The number of benzene rings is 1. The van der Waals surface area contributed by atoms with Crippen LogP contribution in [0.25, 0.3) is 0 Å². The number of hydrogen-bond donors (Lipinski definition) is 1. The van der Waals surface area contributed by atoms with Crippen LogP contribution in [0.5, 0.6) is 5.75 Å². The standard InChI is InChI=1S/C15H22FNO3/c1-5-9-17-15(3,14(18)20-6-2)11-7-8-13(19-4)12(16)10-11/h7-8,10,17H,5-6,9H2,1-4H3. The average Bonchev–Trinajstić information content (AvgIpc) is 2.44. The Kier molecular flexibility index (Phi) is 5.95. The molecule has 1 aromatic carbocycles. The molecular weight excluding hydrogens is 261 g/mol. The second kappa shape index (κ2) is 7.24. The number of halogens is 1. The van der Waals surface area contributed by atoms with Crippen LogP contribution in [0.2, 0.25) is 0 Å². The maximum absolute atomic E-state index is 13.8. The normalized spacial score (nSPS) is 13.7. The highest BCUT2D eigenvalue weighted by Crippen LogP contribution is 2.27. The van der Waals surface area contributed by atoms with Gasteiger partial charge in [-0.05, 0) is 44.5 Å². The second-order valence-corrected chi connectivity index (χ2v) is 4.62. The Balaban J connectivity index is 3.15. The summed E-state index contributed by atoms with van der Waals surface area (Å²) in [5.74, 6) is -0.771. The Morgan fingerprint density at radius 1 is 1.40 bits per heavy atom. The molecule has 1 unspecified atom stereocenters. The van der Waals surface area contributed by atoms with Gasteiger partial charge in [-0.3, -0.25) is 5.32 Å². The van der Waals surface area contributed by atoms with E-state index in [1.807, 2.05) is 6.92 Å². The SMILES string of the molecule is CCCNC(C)(C(=O)OCC)c1ccc(OC)c(F)c1. The number of esters is 1. The molecule has 1 N–H and O–H groups in total. The van der Waals surface area contributed by atoms with Gasteiger partial charge < -0.3 is 9.47 Å². The Bertz CT molecular complexity index is 464. The van der Waals surface area contributed by atoms with Crippen molar-refractivity contribution in [2.24, 2.45) is 0 Å². The first-order valence-electron chi connectivity index (χ1n) is 6.75. The molecule has 0 saturated heterocycles. The monoisotopic (exact) mass is 283 g/mol. The minimum Gasteiger partial charge on any atom is -0.494 e. The minimum absolute atomic E-state index is 0.149. The van der Waals surface area contributed by atoms with E-state index in [1.54, 1.807) is 19.9 Å². The van der Waals surface area contributed by atoms with Crippen LogP contribution >= 0.6 is 0 Å². The van der Waals surface area contributed by atoms with Crippen molar-refractivity contribution in [1.82, 2.24) is 5.32 Å². The van der Waals surface area contributed by atoms with E-state index in [0.29, 0.717) is 12.1 Å². The molecule has 0 aromatic heterocycles. The lowest BCUT2D eigenvalue weighted by molar-refractivity contribution is -0.151. The highest BCUT2D eigenvalue weighted by molar-refractivity contribution is 5.82. The molecule has 0 fully saturated rings. The first-order chi connectivity index (χ1) is 9.49. The highest BCUT2D eigenvalue weighted by atomic mass is 19.1. The van der Waals surface area contributed by atoms with Gasteiger partial charge >= 0.3 is 5.97 Å². The number of carbonyl (C=O) groups excluding carboxylic acids is 1. The summed E-state index contributed by atoms with van der Waals surface area (Å²) < 4.78 is 23.8. The van der Waals surface area contributed by atoms with Gasteiger partial charge in [0.25, 0.3) is 0 Å². The third kappa shape index (κ3) is 3.48. The summed E-state index contributed by atoms with van der Waals surface area (Å²) in [6.45, 7) is 6.34. The molecule has 4 nitrogen and oxygen atoms in total. The largest absolute Gasteiger partial charge is 0.494 e. The fourth-order valence-corrected chi connectivity index (χ4v) is 1.92. The third-order valence-corrected chi connectivity index (χ3v) is 3.14. The van der Waals surface area contributed by atoms with E-state index in [1.165, 1.54) is 19.2 Å². The van der Waals surface area contributed by atoms with Crippen molar-refractivity contribution in [2.75, 3.05) is 20.3 Å². The lowest BCUT2D eigenvalue weighted by Crippen LogP contribution is -2.48. The van der Waals surface area contributed by atoms with Crippen molar-refractivity contribution in [3.05, 3.63) is 29.6 Å². The molecule has 0 aliphatic carbocycles. The summed E-state index contributed by atoms with van der Waals surface area (Å²) in [4.78, 5) is 12.2. The van der Waals surface area contributed by atoms with Crippen molar-refractivity contribution >= 4 is 5.97 Å². The van der Waals surface area contributed by atoms with Gasteiger partial charge in [0.1, 0.15) is 5.54 Å². The van der Waals surface area contributed by atoms with Gasteiger partial charge in [0.15, 0.2) is 11.6 Å². The predicted octanol–water partition coefficient (Wildman–Crippen LogP) is 2.61. The van der Waals surface area contributed by atoms with Crippen LogP contribution in [0.1, 0.15) is 32.8 Å². The molecule has 0 radical (unpaired) electrons. The van der Waals surface area contributed by atoms with Crippen molar-refractivity contribution in [3.63, 3.8) is 0 Å². The van der Waals surface area contributed by atoms with Crippen molar-refractivity contribution in [3.8, 4) is 5.75 Å². The van der Waals surface area contributed by atoms with E-state index >= 15 is 0 Å². The molecule has 112 valence electrons. The van der Waals surface area contributed by atoms with Crippen molar-refractivity contribution in [1.29, 1.82) is 0 Å². The molecule has 1 rings (SSSR count). The van der Waals surface area contributed by atoms with Crippen LogP contribution in [0, 0.1) is 5.82 Å². The Morgan fingerprint density at radius 2 is 2.10 bits per heavy atom. The first kappa shape index (κ1) is 16.4. The van der Waals surface area contributed by atoms with Crippen LogP contribution < -0.4 is 10.1 Å². The molecule has 0 saturated carbocycles. The maximum Gasteiger partial charge on any atom is 0.330 e. The summed E-state index contributed by atoms with van der Waals surface area (Å²) in [5.41, 5.74) is -0.554. The van der Waals surface area contributed by atoms with Gasteiger partial charge in [-0.2, -0.15) is 0 Å². The minimum atomic E-state index is -1.07. The Morgan fingerprint density at radius 3 is 2.60 bits per heavy atom. The lowest BCUT2D eigenvalue weighted by Gasteiger charge is -2.29. The van der Waals surface area contributed by atoms with Crippen LogP contribution in [-0.2, 0) is 15.1 Å². The van der Waals surface area contributed by atoms with Crippen LogP contribution in [0.15, 0.2) is 18.2 Å². The third-order valence-electron chi connectivity index (χ3n) is 3.14. The predicted molar refractivity (Wildman–Crippen MR) is 75.2 cm³/mol. The molecule has 0 heterocycles. The van der Waals surface area contributed by atoms with Crippen molar-refractivity contribution in [2.45, 2.75) is 32.7 Å². The van der Waals surface area contributed by atoms with Gasteiger partial charge in [-0.1, -0.05) is 13.0 Å². The molecule has 1 aromatic rings. The van der Waals surface area contributed by atoms with E-state index in [9.17, 15) is 9.18 Å². The van der Waals surface area contributed by atoms with Gasteiger partial charge in [-0.25, -0.2) is 9.18 Å². The fraction of sp³-hybridized carbons (Fsp3) is 0.533.